The fourth-order valence-corrected chi connectivity index (χ4v) is 3.40. The Labute approximate surface area is 118 Å². The molecule has 1 heterocycles. The molecular formula is C15H20FN3O. The third-order valence-electron chi connectivity index (χ3n) is 4.45. The van der Waals surface area contributed by atoms with Gasteiger partial charge in [-0.3, -0.25) is 0 Å². The summed E-state index contributed by atoms with van der Waals surface area (Å²) >= 11 is 0. The van der Waals surface area contributed by atoms with Crippen LogP contribution < -0.4 is 11.1 Å². The van der Waals surface area contributed by atoms with E-state index >= 15 is 0 Å². The predicted molar refractivity (Wildman–Crippen MR) is 75.8 cm³/mol. The molecule has 4 nitrogen and oxygen atoms in total. The maximum atomic E-state index is 13.1. The highest BCUT2D eigenvalue weighted by molar-refractivity contribution is 5.89. The summed E-state index contributed by atoms with van der Waals surface area (Å²) in [5.41, 5.74) is 6.49. The number of nitrogens with one attached hydrogen (secondary N) is 1. The second-order valence-corrected chi connectivity index (χ2v) is 5.94. The van der Waals surface area contributed by atoms with Crippen molar-refractivity contribution in [1.82, 2.24) is 4.90 Å². The van der Waals surface area contributed by atoms with E-state index in [0.717, 1.165) is 32.4 Å². The Morgan fingerprint density at radius 1 is 1.30 bits per heavy atom. The minimum absolute atomic E-state index is 0.140. The minimum atomic E-state index is -0.344. The average molecular weight is 277 g/mol. The average Bonchev–Trinajstić information content (AvgIpc) is 2.81. The Bertz CT molecular complexity index is 508. The molecule has 1 aromatic rings. The second-order valence-electron chi connectivity index (χ2n) is 5.94. The first kappa shape index (κ1) is 13.4. The lowest BCUT2D eigenvalue weighted by Gasteiger charge is -2.27. The molecule has 1 saturated carbocycles. The Morgan fingerprint density at radius 3 is 2.90 bits per heavy atom. The number of benzene rings is 1. The first-order chi connectivity index (χ1) is 9.61. The van der Waals surface area contributed by atoms with Gasteiger partial charge < -0.3 is 16.0 Å². The molecule has 0 aromatic heterocycles. The van der Waals surface area contributed by atoms with Gasteiger partial charge in [0.2, 0.25) is 0 Å². The van der Waals surface area contributed by atoms with Gasteiger partial charge in [0, 0.05) is 24.8 Å². The number of hydrogen-bond acceptors (Lipinski definition) is 2. The van der Waals surface area contributed by atoms with Gasteiger partial charge >= 0.3 is 6.03 Å². The smallest absolute Gasteiger partial charge is 0.321 e. The lowest BCUT2D eigenvalue weighted by Crippen LogP contribution is -2.33. The van der Waals surface area contributed by atoms with Crippen LogP contribution in [0.2, 0.25) is 0 Å². The van der Waals surface area contributed by atoms with Crippen LogP contribution in [0.4, 0.5) is 14.9 Å². The maximum absolute atomic E-state index is 13.1. The quantitative estimate of drug-likeness (QED) is 0.828. The number of carbonyl (C=O) groups is 1. The lowest BCUT2D eigenvalue weighted by atomic mass is 9.79. The number of amides is 2. The van der Waals surface area contributed by atoms with Crippen LogP contribution in [0.3, 0.4) is 0 Å². The van der Waals surface area contributed by atoms with Crippen LogP contribution in [0, 0.1) is 17.7 Å². The van der Waals surface area contributed by atoms with Crippen molar-refractivity contribution in [1.29, 1.82) is 0 Å². The number of nitrogens with two attached hydrogens (primary N) is 1. The van der Waals surface area contributed by atoms with Crippen molar-refractivity contribution in [2.75, 3.05) is 18.4 Å². The van der Waals surface area contributed by atoms with Gasteiger partial charge in [0.15, 0.2) is 0 Å². The summed E-state index contributed by atoms with van der Waals surface area (Å²) in [5, 5.41) is 2.76. The summed E-state index contributed by atoms with van der Waals surface area (Å²) in [6.45, 7) is 1.55. The van der Waals surface area contributed by atoms with Crippen LogP contribution in [0.5, 0.6) is 0 Å². The van der Waals surface area contributed by atoms with Crippen molar-refractivity contribution in [3.63, 3.8) is 0 Å². The molecule has 108 valence electrons. The Balaban J connectivity index is 1.61. The van der Waals surface area contributed by atoms with E-state index in [1.807, 2.05) is 4.90 Å². The number of nitrogens with zero attached hydrogens (tertiary/aromatic N) is 1. The highest BCUT2D eigenvalue weighted by Crippen LogP contribution is 2.35. The van der Waals surface area contributed by atoms with Gasteiger partial charge in [0.1, 0.15) is 5.82 Å². The number of halogens is 1. The standard InChI is InChI=1S/C15H20FN3O/c16-12-2-1-3-14(7-12)18-15(20)19-8-10-4-5-13(17)6-11(10)9-19/h1-3,7,10-11,13H,4-6,8-9,17H2,(H,18,20)/t10-,11+,13?/m1/s1. The molecule has 1 aliphatic heterocycles. The van der Waals surface area contributed by atoms with E-state index in [1.54, 1.807) is 12.1 Å². The zero-order valence-electron chi connectivity index (χ0n) is 11.4. The highest BCUT2D eigenvalue weighted by Gasteiger charge is 2.38. The van der Waals surface area contributed by atoms with E-state index in [0.29, 0.717) is 17.5 Å². The number of anilines is 1. The van der Waals surface area contributed by atoms with E-state index in [2.05, 4.69) is 5.32 Å². The Kier molecular flexibility index (Phi) is 3.61. The largest absolute Gasteiger partial charge is 0.328 e. The van der Waals surface area contributed by atoms with Gasteiger partial charge in [0.25, 0.3) is 0 Å². The van der Waals surface area contributed by atoms with Gasteiger partial charge in [0.05, 0.1) is 0 Å². The molecule has 0 bridgehead atoms. The second kappa shape index (κ2) is 5.40. The molecule has 3 atom stereocenters. The third-order valence-corrected chi connectivity index (χ3v) is 4.45. The number of rotatable bonds is 1. The zero-order valence-corrected chi connectivity index (χ0v) is 11.4. The molecule has 0 spiro atoms. The van der Waals surface area contributed by atoms with Crippen LogP contribution in [0.25, 0.3) is 0 Å². The van der Waals surface area contributed by atoms with Crippen molar-refractivity contribution < 1.29 is 9.18 Å². The lowest BCUT2D eigenvalue weighted by molar-refractivity contribution is 0.220. The van der Waals surface area contributed by atoms with Gasteiger partial charge in [-0.05, 0) is 49.3 Å². The van der Waals surface area contributed by atoms with E-state index < -0.39 is 0 Å². The molecule has 2 fully saturated rings. The van der Waals surface area contributed by atoms with Gasteiger partial charge in [-0.15, -0.1) is 0 Å². The molecule has 0 radical (unpaired) electrons. The number of urea groups is 1. The number of hydrogen-bond donors (Lipinski definition) is 2. The van der Waals surface area contributed by atoms with E-state index in [-0.39, 0.29) is 17.9 Å². The number of carbonyl (C=O) groups excluding carboxylic acids is 1. The number of fused-ring (bicyclic) bond motifs is 1. The zero-order chi connectivity index (χ0) is 14.1. The maximum Gasteiger partial charge on any atom is 0.321 e. The highest BCUT2D eigenvalue weighted by atomic mass is 19.1. The fraction of sp³-hybridized carbons (Fsp3) is 0.533. The Morgan fingerprint density at radius 2 is 2.10 bits per heavy atom. The molecule has 1 aliphatic carbocycles. The third kappa shape index (κ3) is 2.77. The first-order valence-electron chi connectivity index (χ1n) is 7.19. The van der Waals surface area contributed by atoms with Crippen LogP contribution in [0.1, 0.15) is 19.3 Å². The topological polar surface area (TPSA) is 58.4 Å². The first-order valence-corrected chi connectivity index (χ1v) is 7.19. The summed E-state index contributed by atoms with van der Waals surface area (Å²) in [6.07, 6.45) is 3.17. The minimum Gasteiger partial charge on any atom is -0.328 e. The van der Waals surface area contributed by atoms with E-state index in [1.165, 1.54) is 12.1 Å². The molecule has 1 aromatic carbocycles. The molecule has 2 amide bonds. The number of likely N-dealkylation sites (tertiary alicyclic amines) is 1. The molecule has 3 N–H and O–H groups in total. The molecule has 1 saturated heterocycles. The molecule has 3 rings (SSSR count). The van der Waals surface area contributed by atoms with Gasteiger partial charge in [-0.1, -0.05) is 6.07 Å². The summed E-state index contributed by atoms with van der Waals surface area (Å²) < 4.78 is 13.1. The van der Waals surface area contributed by atoms with Crippen molar-refractivity contribution in [2.45, 2.75) is 25.3 Å². The normalized spacial score (nSPS) is 29.1. The molecule has 5 heteroatoms. The predicted octanol–water partition coefficient (Wildman–Crippen LogP) is 2.42. The van der Waals surface area contributed by atoms with Crippen LogP contribution >= 0.6 is 0 Å². The summed E-state index contributed by atoms with van der Waals surface area (Å²) in [7, 11) is 0. The van der Waals surface area contributed by atoms with Gasteiger partial charge in [-0.25, -0.2) is 9.18 Å². The molecule has 20 heavy (non-hydrogen) atoms. The molecule has 2 aliphatic rings. The van der Waals surface area contributed by atoms with Crippen molar-refractivity contribution in [2.24, 2.45) is 17.6 Å². The molecule has 1 unspecified atom stereocenters. The fourth-order valence-electron chi connectivity index (χ4n) is 3.40. The summed E-state index contributed by atoms with van der Waals surface area (Å²) in [5.74, 6) is 0.758. The van der Waals surface area contributed by atoms with Crippen LogP contribution in [0.15, 0.2) is 24.3 Å². The van der Waals surface area contributed by atoms with Crippen molar-refractivity contribution in [3.8, 4) is 0 Å². The van der Waals surface area contributed by atoms with Gasteiger partial charge in [-0.2, -0.15) is 0 Å². The van der Waals surface area contributed by atoms with Crippen LogP contribution in [-0.2, 0) is 0 Å². The van der Waals surface area contributed by atoms with Crippen molar-refractivity contribution in [3.05, 3.63) is 30.1 Å². The monoisotopic (exact) mass is 277 g/mol. The SMILES string of the molecule is NC1CC[C@@H]2CN(C(=O)Nc3cccc(F)c3)C[C@@H]2C1. The van der Waals surface area contributed by atoms with Crippen molar-refractivity contribution >= 4 is 11.7 Å². The van der Waals surface area contributed by atoms with Crippen LogP contribution in [-0.4, -0.2) is 30.1 Å². The van der Waals surface area contributed by atoms with E-state index in [9.17, 15) is 9.18 Å². The molecular weight excluding hydrogens is 257 g/mol. The summed E-state index contributed by atoms with van der Waals surface area (Å²) in [6, 6.07) is 6.12. The van der Waals surface area contributed by atoms with E-state index in [4.69, 9.17) is 5.73 Å². The summed E-state index contributed by atoms with van der Waals surface area (Å²) in [4.78, 5) is 14.0. The Hall–Kier alpha value is -1.62.